The minimum atomic E-state index is -0.189. The molecule has 2 heteroatoms. The van der Waals surface area contributed by atoms with Gasteiger partial charge in [0, 0.05) is 0 Å². The topological polar surface area (TPSA) is 32.3 Å². The van der Waals surface area contributed by atoms with Crippen LogP contribution in [0.25, 0.3) is 0 Å². The average molecular weight is 143 g/mol. The highest BCUT2D eigenvalue weighted by molar-refractivity contribution is 4.72. The summed E-state index contributed by atoms with van der Waals surface area (Å²) in [7, 11) is 1.92. The van der Waals surface area contributed by atoms with Crippen molar-refractivity contribution in [3.8, 4) is 0 Å². The van der Waals surface area contributed by atoms with Gasteiger partial charge in [0.05, 0.1) is 6.10 Å². The molecule has 0 amide bonds. The Morgan fingerprint density at radius 1 is 1.70 bits per heavy atom. The molecule has 0 aliphatic carbocycles. The van der Waals surface area contributed by atoms with Gasteiger partial charge in [0.1, 0.15) is 0 Å². The SMILES string of the molecule is C=CC[C@H](O)CCCNC. The third kappa shape index (κ3) is 5.79. The van der Waals surface area contributed by atoms with Crippen molar-refractivity contribution in [2.75, 3.05) is 13.6 Å². The molecule has 0 aromatic heterocycles. The van der Waals surface area contributed by atoms with E-state index in [0.29, 0.717) is 6.42 Å². The molecule has 0 saturated heterocycles. The first-order chi connectivity index (χ1) is 4.81. The van der Waals surface area contributed by atoms with Gasteiger partial charge in [0.25, 0.3) is 0 Å². The van der Waals surface area contributed by atoms with Crippen molar-refractivity contribution in [2.45, 2.75) is 25.4 Å². The van der Waals surface area contributed by atoms with Gasteiger partial charge in [-0.2, -0.15) is 0 Å². The lowest BCUT2D eigenvalue weighted by atomic mass is 10.1. The van der Waals surface area contributed by atoms with E-state index >= 15 is 0 Å². The Morgan fingerprint density at radius 3 is 2.90 bits per heavy atom. The van der Waals surface area contributed by atoms with Crippen molar-refractivity contribution < 1.29 is 5.11 Å². The maximum atomic E-state index is 9.18. The van der Waals surface area contributed by atoms with Crippen molar-refractivity contribution in [3.05, 3.63) is 12.7 Å². The van der Waals surface area contributed by atoms with E-state index in [0.717, 1.165) is 19.4 Å². The molecule has 0 aliphatic heterocycles. The number of hydrogen-bond donors (Lipinski definition) is 2. The molecular weight excluding hydrogens is 126 g/mol. The summed E-state index contributed by atoms with van der Waals surface area (Å²) in [6.07, 6.45) is 4.18. The second-order valence-electron chi connectivity index (χ2n) is 2.42. The van der Waals surface area contributed by atoms with Gasteiger partial charge >= 0.3 is 0 Å². The molecule has 0 spiro atoms. The van der Waals surface area contributed by atoms with E-state index in [-0.39, 0.29) is 6.10 Å². The maximum Gasteiger partial charge on any atom is 0.0575 e. The Labute approximate surface area is 62.9 Å². The summed E-state index contributed by atoms with van der Waals surface area (Å²) in [6.45, 7) is 4.53. The second kappa shape index (κ2) is 6.78. The summed E-state index contributed by atoms with van der Waals surface area (Å²) in [4.78, 5) is 0. The number of rotatable bonds is 6. The van der Waals surface area contributed by atoms with Crippen LogP contribution in [0.2, 0.25) is 0 Å². The normalized spacial score (nSPS) is 13.0. The van der Waals surface area contributed by atoms with Crippen molar-refractivity contribution >= 4 is 0 Å². The molecule has 0 fully saturated rings. The molecule has 10 heavy (non-hydrogen) atoms. The van der Waals surface area contributed by atoms with Crippen molar-refractivity contribution in [1.29, 1.82) is 0 Å². The lowest BCUT2D eigenvalue weighted by Crippen LogP contribution is -2.12. The molecule has 2 nitrogen and oxygen atoms in total. The smallest absolute Gasteiger partial charge is 0.0575 e. The fraction of sp³-hybridized carbons (Fsp3) is 0.750. The van der Waals surface area contributed by atoms with E-state index in [1.54, 1.807) is 6.08 Å². The molecule has 60 valence electrons. The molecule has 0 aromatic rings. The first kappa shape index (κ1) is 9.66. The van der Waals surface area contributed by atoms with E-state index in [4.69, 9.17) is 0 Å². The van der Waals surface area contributed by atoms with Gasteiger partial charge in [0.2, 0.25) is 0 Å². The minimum absolute atomic E-state index is 0.189. The first-order valence-electron chi connectivity index (χ1n) is 3.74. The van der Waals surface area contributed by atoms with Crippen molar-refractivity contribution in [1.82, 2.24) is 5.32 Å². The molecule has 0 rings (SSSR count). The van der Waals surface area contributed by atoms with Gasteiger partial charge in [-0.05, 0) is 32.9 Å². The zero-order valence-electron chi connectivity index (χ0n) is 6.64. The van der Waals surface area contributed by atoms with Crippen molar-refractivity contribution in [2.24, 2.45) is 0 Å². The average Bonchev–Trinajstić information content (AvgIpc) is 1.89. The molecule has 0 heterocycles. The highest BCUT2D eigenvalue weighted by atomic mass is 16.3. The number of hydrogen-bond acceptors (Lipinski definition) is 2. The van der Waals surface area contributed by atoms with Crippen LogP contribution in [-0.2, 0) is 0 Å². The van der Waals surface area contributed by atoms with Crippen LogP contribution >= 0.6 is 0 Å². The van der Waals surface area contributed by atoms with E-state index in [1.807, 2.05) is 7.05 Å². The molecular formula is C8H17NO. The third-order valence-electron chi connectivity index (χ3n) is 1.40. The van der Waals surface area contributed by atoms with Crippen LogP contribution in [0.15, 0.2) is 12.7 Å². The summed E-state index contributed by atoms with van der Waals surface area (Å²) >= 11 is 0. The van der Waals surface area contributed by atoms with Gasteiger partial charge in [-0.1, -0.05) is 6.08 Å². The zero-order valence-corrected chi connectivity index (χ0v) is 6.64. The maximum absolute atomic E-state index is 9.18. The number of nitrogens with one attached hydrogen (secondary N) is 1. The van der Waals surface area contributed by atoms with Crippen LogP contribution in [0.3, 0.4) is 0 Å². The highest BCUT2D eigenvalue weighted by Crippen LogP contribution is 2.00. The van der Waals surface area contributed by atoms with Crippen LogP contribution in [0.1, 0.15) is 19.3 Å². The van der Waals surface area contributed by atoms with E-state index < -0.39 is 0 Å². The zero-order chi connectivity index (χ0) is 7.82. The van der Waals surface area contributed by atoms with Gasteiger partial charge in [-0.15, -0.1) is 6.58 Å². The lowest BCUT2D eigenvalue weighted by Gasteiger charge is -2.05. The highest BCUT2D eigenvalue weighted by Gasteiger charge is 1.98. The Hall–Kier alpha value is -0.340. The molecule has 2 N–H and O–H groups in total. The van der Waals surface area contributed by atoms with E-state index in [1.165, 1.54) is 0 Å². The Bertz CT molecular complexity index is 83.3. The summed E-state index contributed by atoms with van der Waals surface area (Å²) in [5, 5.41) is 12.2. The number of aliphatic hydroxyl groups excluding tert-OH is 1. The van der Waals surface area contributed by atoms with Crippen LogP contribution in [0.4, 0.5) is 0 Å². The molecule has 1 atom stereocenters. The van der Waals surface area contributed by atoms with Crippen LogP contribution in [0, 0.1) is 0 Å². The Kier molecular flexibility index (Phi) is 6.55. The number of aliphatic hydroxyl groups is 1. The third-order valence-corrected chi connectivity index (χ3v) is 1.40. The first-order valence-corrected chi connectivity index (χ1v) is 3.74. The molecule has 0 unspecified atom stereocenters. The fourth-order valence-corrected chi connectivity index (χ4v) is 0.825. The molecule has 0 aliphatic rings. The van der Waals surface area contributed by atoms with E-state index in [9.17, 15) is 5.11 Å². The summed E-state index contributed by atoms with van der Waals surface area (Å²) < 4.78 is 0. The lowest BCUT2D eigenvalue weighted by molar-refractivity contribution is 0.165. The van der Waals surface area contributed by atoms with Gasteiger partial charge < -0.3 is 10.4 Å². The largest absolute Gasteiger partial charge is 0.393 e. The second-order valence-corrected chi connectivity index (χ2v) is 2.42. The molecule has 0 aromatic carbocycles. The fourth-order valence-electron chi connectivity index (χ4n) is 0.825. The van der Waals surface area contributed by atoms with Gasteiger partial charge in [-0.3, -0.25) is 0 Å². The predicted molar refractivity (Wildman–Crippen MR) is 44.0 cm³/mol. The molecule has 0 radical (unpaired) electrons. The summed E-state index contributed by atoms with van der Waals surface area (Å²) in [6, 6.07) is 0. The van der Waals surface area contributed by atoms with Crippen LogP contribution < -0.4 is 5.32 Å². The Balaban J connectivity index is 3.04. The van der Waals surface area contributed by atoms with Crippen molar-refractivity contribution in [3.63, 3.8) is 0 Å². The molecule has 0 saturated carbocycles. The van der Waals surface area contributed by atoms with E-state index in [2.05, 4.69) is 11.9 Å². The van der Waals surface area contributed by atoms with Crippen LogP contribution in [-0.4, -0.2) is 24.8 Å². The minimum Gasteiger partial charge on any atom is -0.393 e. The monoisotopic (exact) mass is 143 g/mol. The summed E-state index contributed by atoms with van der Waals surface area (Å²) in [5.74, 6) is 0. The predicted octanol–water partition coefficient (Wildman–Crippen LogP) is 0.923. The van der Waals surface area contributed by atoms with Crippen LogP contribution in [0.5, 0.6) is 0 Å². The summed E-state index contributed by atoms with van der Waals surface area (Å²) in [5.41, 5.74) is 0. The quantitative estimate of drug-likeness (QED) is 0.428. The molecule has 0 bridgehead atoms. The standard InChI is InChI=1S/C8H17NO/c1-3-5-8(10)6-4-7-9-2/h3,8-10H,1,4-7H2,2H3/t8-/m0/s1. The van der Waals surface area contributed by atoms with Gasteiger partial charge in [-0.25, -0.2) is 0 Å². The van der Waals surface area contributed by atoms with Gasteiger partial charge in [0.15, 0.2) is 0 Å². The Morgan fingerprint density at radius 2 is 2.40 bits per heavy atom.